The average Bonchev–Trinajstić information content (AvgIpc) is 3.24. The van der Waals surface area contributed by atoms with Gasteiger partial charge in [0.1, 0.15) is 17.1 Å². The SMILES string of the molecule is CB(O)N1CC(F)(F)C[C@@H]1C(=O)N[C@@](Cc1ccccc1)(c1cc(F)cc(OC(F)(F)C(F)F)c1)c1ccc(Cl)cn1. The van der Waals surface area contributed by atoms with Gasteiger partial charge < -0.3 is 19.9 Å². The van der Waals surface area contributed by atoms with Gasteiger partial charge in [-0.05, 0) is 42.2 Å². The Balaban J connectivity index is 1.92. The molecule has 3 aromatic rings. The van der Waals surface area contributed by atoms with E-state index in [2.05, 4.69) is 15.0 Å². The highest BCUT2D eigenvalue weighted by Crippen LogP contribution is 2.39. The molecule has 0 unspecified atom stereocenters. The molecule has 1 aromatic heterocycles. The number of amides is 1. The quantitative estimate of drug-likeness (QED) is 0.231. The van der Waals surface area contributed by atoms with Crippen molar-refractivity contribution in [3.05, 3.63) is 94.5 Å². The molecule has 0 aliphatic carbocycles. The molecule has 4 rings (SSSR count). The molecule has 42 heavy (non-hydrogen) atoms. The maximum atomic E-state index is 15.0. The fourth-order valence-corrected chi connectivity index (χ4v) is 5.00. The van der Waals surface area contributed by atoms with Crippen molar-refractivity contribution in [2.45, 2.75) is 49.7 Å². The maximum absolute atomic E-state index is 15.0. The number of aromatic nitrogens is 1. The molecule has 1 fully saturated rings. The summed E-state index contributed by atoms with van der Waals surface area (Å²) in [6.07, 6.45) is -9.23. The van der Waals surface area contributed by atoms with E-state index in [0.717, 1.165) is 16.9 Å². The smallest absolute Gasteiger partial charge is 0.437 e. The number of ether oxygens (including phenoxy) is 1. The summed E-state index contributed by atoms with van der Waals surface area (Å²) < 4.78 is 101. The molecule has 2 heterocycles. The predicted octanol–water partition coefficient (Wildman–Crippen LogP) is 5.53. The van der Waals surface area contributed by atoms with Gasteiger partial charge in [-0.3, -0.25) is 9.78 Å². The van der Waals surface area contributed by atoms with Gasteiger partial charge in [-0.25, -0.2) is 13.2 Å². The minimum Gasteiger partial charge on any atom is -0.437 e. The van der Waals surface area contributed by atoms with Gasteiger partial charge in [0.25, 0.3) is 5.92 Å². The summed E-state index contributed by atoms with van der Waals surface area (Å²) in [5.41, 5.74) is -1.76. The van der Waals surface area contributed by atoms with Crippen molar-refractivity contribution in [1.82, 2.24) is 15.1 Å². The minimum absolute atomic E-state index is 0.0189. The molecule has 1 aliphatic heterocycles. The van der Waals surface area contributed by atoms with Crippen LogP contribution in [0.15, 0.2) is 66.9 Å². The van der Waals surface area contributed by atoms with Gasteiger partial charge in [-0.15, -0.1) is 0 Å². The lowest BCUT2D eigenvalue weighted by atomic mass is 9.79. The molecule has 2 N–H and O–H groups in total. The first-order chi connectivity index (χ1) is 19.6. The van der Waals surface area contributed by atoms with Crippen molar-refractivity contribution >= 4 is 24.6 Å². The van der Waals surface area contributed by atoms with Crippen LogP contribution >= 0.6 is 11.6 Å². The van der Waals surface area contributed by atoms with Crippen molar-refractivity contribution < 1.29 is 45.3 Å². The third kappa shape index (κ3) is 6.98. The normalized spacial score (nSPS) is 18.5. The van der Waals surface area contributed by atoms with Crippen molar-refractivity contribution in [2.75, 3.05) is 6.54 Å². The van der Waals surface area contributed by atoms with Crippen LogP contribution in [0.4, 0.5) is 30.7 Å². The number of alkyl halides is 6. The standard InChI is InChI=1S/C27H24BClF7N3O3/c1-28(41)39-15-25(33,34)13-21(39)23(40)38-26(12-16-5-3-2-4-6-16,22-8-7-18(29)14-37-22)17-9-19(30)11-20(10-17)42-27(35,36)24(31)32/h2-11,14,21,24,41H,12-13,15H2,1H3,(H,38,40)/t21-,26+/m1/s1. The lowest BCUT2D eigenvalue weighted by molar-refractivity contribution is -0.253. The maximum Gasteiger partial charge on any atom is 0.461 e. The van der Waals surface area contributed by atoms with Crippen LogP contribution in [0.3, 0.4) is 0 Å². The van der Waals surface area contributed by atoms with E-state index in [1.54, 1.807) is 30.3 Å². The van der Waals surface area contributed by atoms with Crippen LogP contribution in [-0.2, 0) is 16.8 Å². The first-order valence-electron chi connectivity index (χ1n) is 12.6. The van der Waals surface area contributed by atoms with Gasteiger partial charge in [-0.1, -0.05) is 41.9 Å². The number of rotatable bonds is 10. The molecule has 2 atom stereocenters. The van der Waals surface area contributed by atoms with Crippen LogP contribution in [0.1, 0.15) is 23.2 Å². The monoisotopic (exact) mass is 617 g/mol. The van der Waals surface area contributed by atoms with E-state index in [0.29, 0.717) is 11.6 Å². The fraction of sp³-hybridized carbons (Fsp3) is 0.333. The summed E-state index contributed by atoms with van der Waals surface area (Å²) in [5, 5.41) is 12.9. The summed E-state index contributed by atoms with van der Waals surface area (Å²) in [6, 6.07) is 11.5. The Morgan fingerprint density at radius 1 is 1.21 bits per heavy atom. The molecule has 15 heteroatoms. The number of benzene rings is 2. The van der Waals surface area contributed by atoms with E-state index in [1.807, 2.05) is 0 Å². The largest absolute Gasteiger partial charge is 0.461 e. The van der Waals surface area contributed by atoms with Gasteiger partial charge >= 0.3 is 19.6 Å². The molecule has 1 aliphatic rings. The van der Waals surface area contributed by atoms with Crippen LogP contribution in [-0.4, -0.2) is 58.8 Å². The summed E-state index contributed by atoms with van der Waals surface area (Å²) in [4.78, 5) is 18.9. The summed E-state index contributed by atoms with van der Waals surface area (Å²) in [6.45, 7) is 0.285. The molecule has 0 bridgehead atoms. The van der Waals surface area contributed by atoms with Gasteiger partial charge in [0, 0.05) is 25.1 Å². The van der Waals surface area contributed by atoms with Crippen LogP contribution in [0.2, 0.25) is 11.8 Å². The van der Waals surface area contributed by atoms with Crippen molar-refractivity contribution in [3.63, 3.8) is 0 Å². The Hall–Kier alpha value is -3.36. The molecule has 1 saturated heterocycles. The Kier molecular flexibility index (Phi) is 9.09. The zero-order valence-corrected chi connectivity index (χ0v) is 22.6. The van der Waals surface area contributed by atoms with E-state index < -0.39 is 67.5 Å². The second kappa shape index (κ2) is 12.1. The molecule has 1 amide bonds. The first-order valence-corrected chi connectivity index (χ1v) is 13.0. The number of halogens is 8. The molecule has 6 nitrogen and oxygen atoms in total. The highest BCUT2D eigenvalue weighted by atomic mass is 35.5. The first kappa shape index (κ1) is 31.6. The molecule has 2 aromatic carbocycles. The third-order valence-corrected chi connectivity index (χ3v) is 7.00. The summed E-state index contributed by atoms with van der Waals surface area (Å²) in [7, 11) is -1.45. The number of carbonyl (C=O) groups excluding carboxylic acids is 1. The molecule has 0 saturated carbocycles. The Labute approximate surface area is 241 Å². The van der Waals surface area contributed by atoms with E-state index in [9.17, 15) is 40.6 Å². The minimum atomic E-state index is -4.98. The van der Waals surface area contributed by atoms with E-state index >= 15 is 0 Å². The summed E-state index contributed by atoms with van der Waals surface area (Å²) in [5.74, 6) is -6.54. The Bertz CT molecular complexity index is 1400. The highest BCUT2D eigenvalue weighted by molar-refractivity contribution is 6.46. The van der Waals surface area contributed by atoms with Crippen molar-refractivity contribution in [3.8, 4) is 5.75 Å². The van der Waals surface area contributed by atoms with Crippen LogP contribution in [0.5, 0.6) is 5.75 Å². The van der Waals surface area contributed by atoms with Crippen LogP contribution < -0.4 is 10.1 Å². The van der Waals surface area contributed by atoms with E-state index in [-0.39, 0.29) is 22.7 Å². The lowest BCUT2D eigenvalue weighted by Crippen LogP contribution is -2.56. The van der Waals surface area contributed by atoms with Crippen LogP contribution in [0.25, 0.3) is 0 Å². The van der Waals surface area contributed by atoms with Gasteiger partial charge in [0.15, 0.2) is 0 Å². The number of hydrogen-bond donors (Lipinski definition) is 2. The van der Waals surface area contributed by atoms with E-state index in [1.165, 1.54) is 25.2 Å². The Morgan fingerprint density at radius 2 is 1.90 bits per heavy atom. The molecular formula is C27H24BClF7N3O3. The fourth-order valence-electron chi connectivity index (χ4n) is 4.89. The van der Waals surface area contributed by atoms with Crippen molar-refractivity contribution in [1.29, 1.82) is 0 Å². The number of hydrogen-bond acceptors (Lipinski definition) is 5. The van der Waals surface area contributed by atoms with Gasteiger partial charge in [0.2, 0.25) is 5.91 Å². The molecule has 224 valence electrons. The Morgan fingerprint density at radius 3 is 2.50 bits per heavy atom. The number of nitrogens with zero attached hydrogens (tertiary/aromatic N) is 2. The zero-order valence-electron chi connectivity index (χ0n) is 21.9. The molecular weight excluding hydrogens is 594 g/mol. The second-order valence-corrected chi connectivity index (χ2v) is 10.4. The zero-order chi connectivity index (χ0) is 30.9. The third-order valence-electron chi connectivity index (χ3n) is 6.77. The number of nitrogens with one attached hydrogen (secondary N) is 1. The topological polar surface area (TPSA) is 74.7 Å². The van der Waals surface area contributed by atoms with Gasteiger partial charge in [0.05, 0.1) is 23.3 Å². The molecule has 0 spiro atoms. The van der Waals surface area contributed by atoms with Gasteiger partial charge in [-0.2, -0.15) is 17.6 Å². The number of pyridine rings is 1. The summed E-state index contributed by atoms with van der Waals surface area (Å²) >= 11 is 6.01. The molecule has 0 radical (unpaired) electrons. The van der Waals surface area contributed by atoms with Crippen molar-refractivity contribution in [2.24, 2.45) is 0 Å². The average molecular weight is 618 g/mol. The second-order valence-electron chi connectivity index (χ2n) is 9.94. The van der Waals surface area contributed by atoms with Crippen LogP contribution in [0, 0.1) is 5.82 Å². The van der Waals surface area contributed by atoms with E-state index in [4.69, 9.17) is 11.6 Å². The number of carbonyl (C=O) groups is 1. The lowest BCUT2D eigenvalue weighted by Gasteiger charge is -2.37. The highest BCUT2D eigenvalue weighted by Gasteiger charge is 2.52. The predicted molar refractivity (Wildman–Crippen MR) is 140 cm³/mol.